The summed E-state index contributed by atoms with van der Waals surface area (Å²) in [5, 5.41) is 1.49. The predicted molar refractivity (Wildman–Crippen MR) is 94.3 cm³/mol. The van der Waals surface area contributed by atoms with Gasteiger partial charge in [0.1, 0.15) is 5.03 Å². The van der Waals surface area contributed by atoms with E-state index in [4.69, 9.17) is 4.84 Å². The van der Waals surface area contributed by atoms with Gasteiger partial charge in [-0.25, -0.2) is 9.78 Å². The van der Waals surface area contributed by atoms with Crippen LogP contribution in [-0.4, -0.2) is 27.8 Å². The Hall–Kier alpha value is -2.32. The summed E-state index contributed by atoms with van der Waals surface area (Å²) < 4.78 is 0. The molecule has 0 unspecified atom stereocenters. The van der Waals surface area contributed by atoms with E-state index in [1.807, 2.05) is 30.3 Å². The second-order valence-electron chi connectivity index (χ2n) is 5.17. The van der Waals surface area contributed by atoms with Gasteiger partial charge in [0.25, 0.3) is 11.8 Å². The molecule has 1 aromatic heterocycles. The van der Waals surface area contributed by atoms with Gasteiger partial charge in [0, 0.05) is 24.8 Å². The van der Waals surface area contributed by atoms with Gasteiger partial charge in [-0.15, -0.1) is 5.06 Å². The van der Waals surface area contributed by atoms with Crippen LogP contribution >= 0.6 is 21.6 Å². The van der Waals surface area contributed by atoms with Crippen LogP contribution in [0.3, 0.4) is 0 Å². The van der Waals surface area contributed by atoms with E-state index < -0.39 is 17.8 Å². The lowest BCUT2D eigenvalue weighted by molar-refractivity contribution is -0.172. The summed E-state index contributed by atoms with van der Waals surface area (Å²) in [7, 11) is 3.22. The van der Waals surface area contributed by atoms with Crippen molar-refractivity contribution >= 4 is 39.4 Å². The zero-order valence-electron chi connectivity index (χ0n) is 13.1. The quantitative estimate of drug-likeness (QED) is 0.567. The largest absolute Gasteiger partial charge is 0.363 e. The predicted octanol–water partition coefficient (Wildman–Crippen LogP) is 3.24. The van der Waals surface area contributed by atoms with Crippen molar-refractivity contribution in [3.63, 3.8) is 0 Å². The van der Waals surface area contributed by atoms with Gasteiger partial charge in [-0.05, 0) is 40.6 Å². The maximum atomic E-state index is 12.0. The van der Waals surface area contributed by atoms with Gasteiger partial charge in [-0.3, -0.25) is 9.59 Å². The van der Waals surface area contributed by atoms with Crippen molar-refractivity contribution in [3.05, 3.63) is 59.8 Å². The topological polar surface area (TPSA) is 76.6 Å². The molecule has 2 amide bonds. The standard InChI is InChI=1S/C17H14N2O4S2/c20-15-8-9-16(21)19(15)23-17(22)13-6-4-12(5-7-13)11-24-25-14-3-1-2-10-18-14/h1-7,10H,8-9,11H2. The number of carbonyl (C=O) groups is 3. The number of hydroxylamine groups is 2. The lowest BCUT2D eigenvalue weighted by atomic mass is 10.1. The number of rotatable bonds is 6. The Morgan fingerprint density at radius 2 is 1.80 bits per heavy atom. The van der Waals surface area contributed by atoms with Crippen LogP contribution < -0.4 is 0 Å². The van der Waals surface area contributed by atoms with Crippen molar-refractivity contribution in [1.82, 2.24) is 10.0 Å². The second kappa shape index (κ2) is 8.17. The number of benzene rings is 1. The number of pyridine rings is 1. The molecule has 1 saturated heterocycles. The number of imide groups is 1. The Kier molecular flexibility index (Phi) is 5.72. The Labute approximate surface area is 152 Å². The summed E-state index contributed by atoms with van der Waals surface area (Å²) in [5.74, 6) is -0.943. The van der Waals surface area contributed by atoms with E-state index in [1.54, 1.807) is 39.9 Å². The Morgan fingerprint density at radius 3 is 2.44 bits per heavy atom. The molecule has 2 heterocycles. The molecule has 128 valence electrons. The van der Waals surface area contributed by atoms with Crippen LogP contribution in [0.2, 0.25) is 0 Å². The third-order valence-electron chi connectivity index (χ3n) is 3.38. The van der Waals surface area contributed by atoms with Gasteiger partial charge in [-0.2, -0.15) is 0 Å². The van der Waals surface area contributed by atoms with Crippen molar-refractivity contribution in [1.29, 1.82) is 0 Å². The summed E-state index contributed by atoms with van der Waals surface area (Å²) >= 11 is 0. The molecule has 25 heavy (non-hydrogen) atoms. The minimum absolute atomic E-state index is 0.0796. The highest BCUT2D eigenvalue weighted by Gasteiger charge is 2.33. The molecule has 1 aromatic carbocycles. The zero-order chi connectivity index (χ0) is 17.6. The molecule has 0 bridgehead atoms. The normalized spacial score (nSPS) is 14.0. The highest BCUT2D eigenvalue weighted by atomic mass is 33.1. The van der Waals surface area contributed by atoms with E-state index in [0.29, 0.717) is 10.6 Å². The maximum Gasteiger partial charge on any atom is 0.363 e. The molecule has 0 saturated carbocycles. The van der Waals surface area contributed by atoms with Crippen LogP contribution in [0.5, 0.6) is 0 Å². The van der Waals surface area contributed by atoms with E-state index in [2.05, 4.69) is 4.98 Å². The van der Waals surface area contributed by atoms with Crippen LogP contribution in [0.25, 0.3) is 0 Å². The van der Waals surface area contributed by atoms with E-state index >= 15 is 0 Å². The average Bonchev–Trinajstić information content (AvgIpc) is 2.95. The van der Waals surface area contributed by atoms with Crippen LogP contribution in [0.4, 0.5) is 0 Å². The van der Waals surface area contributed by atoms with E-state index in [0.717, 1.165) is 16.3 Å². The van der Waals surface area contributed by atoms with Gasteiger partial charge in [-0.1, -0.05) is 29.0 Å². The van der Waals surface area contributed by atoms with Crippen LogP contribution in [-0.2, 0) is 20.2 Å². The maximum absolute atomic E-state index is 12.0. The lowest BCUT2D eigenvalue weighted by Crippen LogP contribution is -2.32. The summed E-state index contributed by atoms with van der Waals surface area (Å²) in [4.78, 5) is 44.0. The first kappa shape index (κ1) is 17.5. The molecule has 8 heteroatoms. The van der Waals surface area contributed by atoms with Gasteiger partial charge in [0.15, 0.2) is 0 Å². The first-order valence-electron chi connectivity index (χ1n) is 7.51. The molecule has 0 radical (unpaired) electrons. The molecule has 0 N–H and O–H groups in total. The molecule has 0 atom stereocenters. The minimum Gasteiger partial charge on any atom is -0.325 e. The molecule has 6 nitrogen and oxygen atoms in total. The molecule has 2 aromatic rings. The summed E-state index contributed by atoms with van der Waals surface area (Å²) in [6.45, 7) is 0. The Morgan fingerprint density at radius 1 is 1.08 bits per heavy atom. The van der Waals surface area contributed by atoms with Crippen molar-refractivity contribution in [2.24, 2.45) is 0 Å². The van der Waals surface area contributed by atoms with Crippen LogP contribution in [0.1, 0.15) is 28.8 Å². The van der Waals surface area contributed by atoms with Crippen molar-refractivity contribution in [2.75, 3.05) is 0 Å². The molecule has 0 spiro atoms. The lowest BCUT2D eigenvalue weighted by Gasteiger charge is -2.12. The Balaban J connectivity index is 1.52. The summed E-state index contributed by atoms with van der Waals surface area (Å²) in [5.41, 5.74) is 1.33. The second-order valence-corrected chi connectivity index (χ2v) is 7.49. The van der Waals surface area contributed by atoms with Crippen molar-refractivity contribution in [3.8, 4) is 0 Å². The van der Waals surface area contributed by atoms with E-state index in [9.17, 15) is 14.4 Å². The number of aromatic nitrogens is 1. The Bertz CT molecular complexity index is 765. The minimum atomic E-state index is -0.717. The molecule has 1 fully saturated rings. The number of hydrogen-bond donors (Lipinski definition) is 0. The first-order chi connectivity index (χ1) is 12.1. The smallest absolute Gasteiger partial charge is 0.325 e. The van der Waals surface area contributed by atoms with Crippen LogP contribution in [0, 0.1) is 0 Å². The SMILES string of the molecule is O=C(ON1C(=O)CCC1=O)c1ccc(CSSc2ccccn2)cc1. The third-order valence-corrected chi connectivity index (χ3v) is 5.58. The average molecular weight is 374 g/mol. The van der Waals surface area contributed by atoms with Crippen molar-refractivity contribution in [2.45, 2.75) is 23.6 Å². The van der Waals surface area contributed by atoms with Crippen LogP contribution in [0.15, 0.2) is 53.7 Å². The van der Waals surface area contributed by atoms with Gasteiger partial charge in [0.2, 0.25) is 0 Å². The van der Waals surface area contributed by atoms with Gasteiger partial charge < -0.3 is 4.84 Å². The fourth-order valence-corrected chi connectivity index (χ4v) is 4.07. The summed E-state index contributed by atoms with van der Waals surface area (Å²) in [6, 6.07) is 12.6. The number of hydrogen-bond acceptors (Lipinski definition) is 7. The third kappa shape index (κ3) is 4.61. The highest BCUT2D eigenvalue weighted by molar-refractivity contribution is 8.76. The van der Waals surface area contributed by atoms with Gasteiger partial charge in [0.05, 0.1) is 5.56 Å². The zero-order valence-corrected chi connectivity index (χ0v) is 14.7. The van der Waals surface area contributed by atoms with E-state index in [1.165, 1.54) is 0 Å². The van der Waals surface area contributed by atoms with Gasteiger partial charge >= 0.3 is 5.97 Å². The first-order valence-corrected chi connectivity index (χ1v) is 9.83. The van der Waals surface area contributed by atoms with Crippen molar-refractivity contribution < 1.29 is 19.2 Å². The fourth-order valence-electron chi connectivity index (χ4n) is 2.08. The fraction of sp³-hybridized carbons (Fsp3) is 0.176. The molecular formula is C17H14N2O4S2. The number of carbonyl (C=O) groups excluding carboxylic acids is 3. The van der Waals surface area contributed by atoms with E-state index in [-0.39, 0.29) is 12.8 Å². The highest BCUT2D eigenvalue weighted by Crippen LogP contribution is 2.32. The molecule has 1 aliphatic rings. The number of amides is 2. The summed E-state index contributed by atoms with van der Waals surface area (Å²) in [6.07, 6.45) is 1.91. The monoisotopic (exact) mass is 374 g/mol. The molecule has 1 aliphatic heterocycles. The number of nitrogens with zero attached hydrogens (tertiary/aromatic N) is 2. The molecular weight excluding hydrogens is 360 g/mol. The molecule has 0 aliphatic carbocycles. The molecule has 3 rings (SSSR count).